The number of rotatable bonds is 2. The van der Waals surface area contributed by atoms with Crippen molar-refractivity contribution in [3.05, 3.63) is 69.7 Å². The lowest BCUT2D eigenvalue weighted by Gasteiger charge is -2.12. The zero-order valence-corrected chi connectivity index (χ0v) is 15.1. The summed E-state index contributed by atoms with van der Waals surface area (Å²) in [6, 6.07) is 18.2. The predicted octanol–water partition coefficient (Wildman–Crippen LogP) is 5.25. The highest BCUT2D eigenvalue weighted by Gasteiger charge is 2.14. The van der Waals surface area contributed by atoms with Gasteiger partial charge >= 0.3 is 0 Å². The highest BCUT2D eigenvalue weighted by atomic mass is 79.9. The van der Waals surface area contributed by atoms with Gasteiger partial charge in [-0.1, -0.05) is 45.8 Å². The standard InChI is InChI=1S/C20H16BrN3/c1-12-6-7-13(2)16(8-12)19-10-17(18(11-22)20(23)24-19)14-4-3-5-15(21)9-14/h3-10H,1-2H3,(H2,23,24). The second-order valence-electron chi connectivity index (χ2n) is 5.76. The summed E-state index contributed by atoms with van der Waals surface area (Å²) < 4.78 is 0.951. The second kappa shape index (κ2) is 6.46. The molecule has 3 aromatic rings. The van der Waals surface area contributed by atoms with E-state index in [4.69, 9.17) is 5.73 Å². The molecular formula is C20H16BrN3. The third-order valence-corrected chi connectivity index (χ3v) is 4.46. The van der Waals surface area contributed by atoms with Gasteiger partial charge in [-0.05, 0) is 49.2 Å². The molecule has 0 saturated carbocycles. The maximum absolute atomic E-state index is 9.51. The normalized spacial score (nSPS) is 10.4. The van der Waals surface area contributed by atoms with Crippen molar-refractivity contribution in [2.45, 2.75) is 13.8 Å². The summed E-state index contributed by atoms with van der Waals surface area (Å²) in [6.07, 6.45) is 0. The smallest absolute Gasteiger partial charge is 0.142 e. The number of halogens is 1. The Kier molecular flexibility index (Phi) is 4.37. The lowest BCUT2D eigenvalue weighted by Crippen LogP contribution is -2.00. The van der Waals surface area contributed by atoms with Gasteiger partial charge in [0.2, 0.25) is 0 Å². The second-order valence-corrected chi connectivity index (χ2v) is 6.67. The molecule has 0 atom stereocenters. The molecule has 2 aromatic carbocycles. The zero-order valence-electron chi connectivity index (χ0n) is 13.5. The number of hydrogen-bond acceptors (Lipinski definition) is 3. The highest BCUT2D eigenvalue weighted by Crippen LogP contribution is 2.33. The van der Waals surface area contributed by atoms with Crippen molar-refractivity contribution in [2.75, 3.05) is 5.73 Å². The third-order valence-electron chi connectivity index (χ3n) is 3.96. The van der Waals surface area contributed by atoms with E-state index in [-0.39, 0.29) is 5.82 Å². The minimum absolute atomic E-state index is 0.255. The molecule has 0 spiro atoms. The van der Waals surface area contributed by atoms with E-state index in [2.05, 4.69) is 45.2 Å². The van der Waals surface area contributed by atoms with E-state index in [9.17, 15) is 5.26 Å². The molecule has 0 radical (unpaired) electrons. The SMILES string of the molecule is Cc1ccc(C)c(-c2cc(-c3cccc(Br)c3)c(C#N)c(N)n2)c1. The van der Waals surface area contributed by atoms with Gasteiger partial charge in [-0.15, -0.1) is 0 Å². The number of nitrogens with two attached hydrogens (primary N) is 1. The minimum atomic E-state index is 0.255. The Labute approximate surface area is 149 Å². The quantitative estimate of drug-likeness (QED) is 0.663. The highest BCUT2D eigenvalue weighted by molar-refractivity contribution is 9.10. The Morgan fingerprint density at radius 3 is 2.54 bits per heavy atom. The molecule has 0 aliphatic rings. The van der Waals surface area contributed by atoms with Gasteiger partial charge < -0.3 is 5.73 Å². The molecule has 24 heavy (non-hydrogen) atoms. The third kappa shape index (κ3) is 3.04. The van der Waals surface area contributed by atoms with Crippen LogP contribution in [0, 0.1) is 25.2 Å². The van der Waals surface area contributed by atoms with Gasteiger partial charge in [0, 0.05) is 15.6 Å². The number of nitrogens with zero attached hydrogens (tertiary/aromatic N) is 2. The first kappa shape index (κ1) is 16.2. The molecule has 118 valence electrons. The van der Waals surface area contributed by atoms with Crippen LogP contribution < -0.4 is 5.73 Å². The maximum atomic E-state index is 9.51. The van der Waals surface area contributed by atoms with Crippen LogP contribution in [0.4, 0.5) is 5.82 Å². The Balaban J connectivity index is 2.28. The van der Waals surface area contributed by atoms with Crippen LogP contribution in [-0.2, 0) is 0 Å². The van der Waals surface area contributed by atoms with Gasteiger partial charge in [-0.3, -0.25) is 0 Å². The fourth-order valence-corrected chi connectivity index (χ4v) is 3.12. The Bertz CT molecular complexity index is 971. The van der Waals surface area contributed by atoms with Gasteiger partial charge in [0.25, 0.3) is 0 Å². The number of nitriles is 1. The number of hydrogen-bond donors (Lipinski definition) is 1. The number of pyridine rings is 1. The summed E-state index contributed by atoms with van der Waals surface area (Å²) in [5.41, 5.74) is 12.3. The van der Waals surface area contributed by atoms with Gasteiger partial charge in [-0.2, -0.15) is 5.26 Å². The monoisotopic (exact) mass is 377 g/mol. The number of nitrogen functional groups attached to an aromatic ring is 1. The van der Waals surface area contributed by atoms with Crippen LogP contribution in [0.2, 0.25) is 0 Å². The van der Waals surface area contributed by atoms with Crippen molar-refractivity contribution >= 4 is 21.7 Å². The zero-order chi connectivity index (χ0) is 17.3. The molecule has 4 heteroatoms. The van der Waals surface area contributed by atoms with E-state index in [1.54, 1.807) is 0 Å². The van der Waals surface area contributed by atoms with Crippen molar-refractivity contribution < 1.29 is 0 Å². The first-order chi connectivity index (χ1) is 11.5. The number of aryl methyl sites for hydroxylation is 2. The van der Waals surface area contributed by atoms with E-state index in [0.717, 1.165) is 38.0 Å². The summed E-state index contributed by atoms with van der Waals surface area (Å²) in [7, 11) is 0. The van der Waals surface area contributed by atoms with E-state index < -0.39 is 0 Å². The van der Waals surface area contributed by atoms with Crippen LogP contribution in [-0.4, -0.2) is 4.98 Å². The van der Waals surface area contributed by atoms with E-state index in [0.29, 0.717) is 5.56 Å². The summed E-state index contributed by atoms with van der Waals surface area (Å²) in [4.78, 5) is 4.47. The van der Waals surface area contributed by atoms with E-state index in [1.807, 2.05) is 44.2 Å². The summed E-state index contributed by atoms with van der Waals surface area (Å²) in [5, 5.41) is 9.51. The Morgan fingerprint density at radius 1 is 1.04 bits per heavy atom. The molecule has 3 nitrogen and oxygen atoms in total. The molecule has 0 aliphatic carbocycles. The molecule has 1 heterocycles. The topological polar surface area (TPSA) is 62.7 Å². The number of benzene rings is 2. The van der Waals surface area contributed by atoms with E-state index >= 15 is 0 Å². The van der Waals surface area contributed by atoms with Crippen molar-refractivity contribution in [2.24, 2.45) is 0 Å². The van der Waals surface area contributed by atoms with Crippen LogP contribution in [0.3, 0.4) is 0 Å². The Hall–Kier alpha value is -2.64. The lowest BCUT2D eigenvalue weighted by atomic mass is 9.96. The van der Waals surface area contributed by atoms with Crippen molar-refractivity contribution in [3.8, 4) is 28.5 Å². The Morgan fingerprint density at radius 2 is 1.83 bits per heavy atom. The van der Waals surface area contributed by atoms with Gasteiger partial charge in [0.05, 0.1) is 5.69 Å². The van der Waals surface area contributed by atoms with Crippen molar-refractivity contribution in [3.63, 3.8) is 0 Å². The molecule has 0 unspecified atom stereocenters. The van der Waals surface area contributed by atoms with Crippen LogP contribution in [0.5, 0.6) is 0 Å². The summed E-state index contributed by atoms with van der Waals surface area (Å²) in [6.45, 7) is 4.09. The molecule has 0 amide bonds. The molecular weight excluding hydrogens is 362 g/mol. The van der Waals surface area contributed by atoms with Crippen LogP contribution in [0.25, 0.3) is 22.4 Å². The molecule has 0 saturated heterocycles. The lowest BCUT2D eigenvalue weighted by molar-refractivity contribution is 1.28. The molecule has 1 aromatic heterocycles. The molecule has 0 bridgehead atoms. The van der Waals surface area contributed by atoms with Crippen molar-refractivity contribution in [1.29, 1.82) is 5.26 Å². The van der Waals surface area contributed by atoms with Crippen LogP contribution >= 0.6 is 15.9 Å². The summed E-state index contributed by atoms with van der Waals surface area (Å²) in [5.74, 6) is 0.255. The molecule has 0 aliphatic heterocycles. The van der Waals surface area contributed by atoms with Gasteiger partial charge in [0.1, 0.15) is 17.5 Å². The molecule has 0 fully saturated rings. The van der Waals surface area contributed by atoms with Crippen molar-refractivity contribution in [1.82, 2.24) is 4.98 Å². The van der Waals surface area contributed by atoms with E-state index in [1.165, 1.54) is 0 Å². The van der Waals surface area contributed by atoms with Gasteiger partial charge in [-0.25, -0.2) is 4.98 Å². The number of anilines is 1. The summed E-state index contributed by atoms with van der Waals surface area (Å²) >= 11 is 3.48. The van der Waals surface area contributed by atoms with Gasteiger partial charge in [0.15, 0.2) is 0 Å². The fourth-order valence-electron chi connectivity index (χ4n) is 2.72. The first-order valence-corrected chi connectivity index (χ1v) is 8.33. The maximum Gasteiger partial charge on any atom is 0.142 e. The fraction of sp³-hybridized carbons (Fsp3) is 0.100. The average Bonchev–Trinajstić information content (AvgIpc) is 2.56. The largest absolute Gasteiger partial charge is 0.383 e. The van der Waals surface area contributed by atoms with Crippen LogP contribution in [0.15, 0.2) is 53.0 Å². The molecule has 3 rings (SSSR count). The first-order valence-electron chi connectivity index (χ1n) is 7.54. The van der Waals surface area contributed by atoms with Crippen LogP contribution in [0.1, 0.15) is 16.7 Å². The number of aromatic nitrogens is 1. The predicted molar refractivity (Wildman–Crippen MR) is 101 cm³/mol. The minimum Gasteiger partial charge on any atom is -0.383 e. The average molecular weight is 378 g/mol. The molecule has 2 N–H and O–H groups in total.